The van der Waals surface area contributed by atoms with Crippen LogP contribution < -0.4 is 27.4 Å². The average molecular weight is 502 g/mol. The minimum Gasteiger partial charge on any atom is -0.481 e. The van der Waals surface area contributed by atoms with E-state index in [2.05, 4.69) is 16.0 Å². The summed E-state index contributed by atoms with van der Waals surface area (Å²) in [6.45, 7) is 7.65. The number of unbranched alkanes of at least 4 members (excludes halogenated alkanes) is 1. The number of carboxylic acid groups (broad SMARTS) is 2. The predicted molar refractivity (Wildman–Crippen MR) is 130 cm³/mol. The number of carbonyl (C=O) groups excluding carboxylic acids is 3. The molecule has 0 radical (unpaired) electrons. The first-order valence-electron chi connectivity index (χ1n) is 12.1. The van der Waals surface area contributed by atoms with Crippen LogP contribution in [0.2, 0.25) is 0 Å². The van der Waals surface area contributed by atoms with E-state index in [9.17, 15) is 29.1 Å². The third kappa shape index (κ3) is 13.1. The molecular weight excluding hydrogens is 458 g/mol. The Kier molecular flexibility index (Phi) is 15.5. The zero-order valence-corrected chi connectivity index (χ0v) is 21.2. The number of hydrogen-bond acceptors (Lipinski definition) is 7. The molecule has 0 rings (SSSR count). The summed E-state index contributed by atoms with van der Waals surface area (Å²) in [5.74, 6) is -4.45. The molecule has 0 fully saturated rings. The summed E-state index contributed by atoms with van der Waals surface area (Å²) in [4.78, 5) is 60.9. The van der Waals surface area contributed by atoms with Crippen LogP contribution in [0.5, 0.6) is 0 Å². The van der Waals surface area contributed by atoms with Crippen LogP contribution in [0, 0.1) is 11.8 Å². The highest BCUT2D eigenvalue weighted by Gasteiger charge is 2.32. The lowest BCUT2D eigenvalue weighted by Gasteiger charge is -2.28. The van der Waals surface area contributed by atoms with Crippen LogP contribution in [-0.2, 0) is 24.0 Å². The zero-order valence-electron chi connectivity index (χ0n) is 21.2. The molecule has 5 atom stereocenters. The molecule has 0 aromatic rings. The smallest absolute Gasteiger partial charge is 0.326 e. The molecule has 0 spiro atoms. The third-order valence-corrected chi connectivity index (χ3v) is 5.70. The van der Waals surface area contributed by atoms with Gasteiger partial charge in [0.05, 0.1) is 6.04 Å². The van der Waals surface area contributed by atoms with Crippen LogP contribution in [0.15, 0.2) is 0 Å². The number of carboxylic acids is 2. The molecule has 202 valence electrons. The Morgan fingerprint density at radius 3 is 1.91 bits per heavy atom. The van der Waals surface area contributed by atoms with Gasteiger partial charge in [-0.15, -0.1) is 0 Å². The molecule has 35 heavy (non-hydrogen) atoms. The summed E-state index contributed by atoms with van der Waals surface area (Å²) in [6.07, 6.45) is 1.75. The molecule has 12 nitrogen and oxygen atoms in total. The molecule has 0 aliphatic heterocycles. The van der Waals surface area contributed by atoms with Crippen molar-refractivity contribution in [2.45, 2.75) is 96.8 Å². The van der Waals surface area contributed by atoms with Crippen molar-refractivity contribution in [3.05, 3.63) is 0 Å². The largest absolute Gasteiger partial charge is 0.481 e. The molecule has 0 heterocycles. The Balaban J connectivity index is 5.54. The molecular formula is C23H43N5O7. The first-order chi connectivity index (χ1) is 16.3. The number of aliphatic carboxylic acids is 2. The van der Waals surface area contributed by atoms with Crippen molar-refractivity contribution in [3.8, 4) is 0 Å². The van der Waals surface area contributed by atoms with E-state index < -0.39 is 53.8 Å². The predicted octanol–water partition coefficient (Wildman–Crippen LogP) is -0.0613. The topological polar surface area (TPSA) is 214 Å². The Hall–Kier alpha value is -2.73. The fourth-order valence-electron chi connectivity index (χ4n) is 3.36. The van der Waals surface area contributed by atoms with Crippen LogP contribution in [0.25, 0.3) is 0 Å². The van der Waals surface area contributed by atoms with Crippen molar-refractivity contribution in [2.24, 2.45) is 23.3 Å². The molecule has 0 aromatic heterocycles. The highest BCUT2D eigenvalue weighted by Crippen LogP contribution is 2.12. The third-order valence-electron chi connectivity index (χ3n) is 5.70. The molecule has 0 aliphatic rings. The average Bonchev–Trinajstić information content (AvgIpc) is 2.78. The van der Waals surface area contributed by atoms with Gasteiger partial charge in [0.2, 0.25) is 17.7 Å². The lowest BCUT2D eigenvalue weighted by atomic mass is 9.96. The fourth-order valence-corrected chi connectivity index (χ4v) is 3.36. The maximum atomic E-state index is 13.1. The molecule has 5 unspecified atom stereocenters. The summed E-state index contributed by atoms with van der Waals surface area (Å²) in [7, 11) is 0. The van der Waals surface area contributed by atoms with E-state index in [-0.39, 0.29) is 37.5 Å². The Morgan fingerprint density at radius 1 is 0.829 bits per heavy atom. The van der Waals surface area contributed by atoms with Crippen molar-refractivity contribution in [3.63, 3.8) is 0 Å². The molecule has 3 amide bonds. The number of nitrogens with two attached hydrogens (primary N) is 2. The van der Waals surface area contributed by atoms with E-state index in [0.29, 0.717) is 25.8 Å². The summed E-state index contributed by atoms with van der Waals surface area (Å²) >= 11 is 0. The quantitative estimate of drug-likeness (QED) is 0.125. The minimum atomic E-state index is -1.17. The van der Waals surface area contributed by atoms with Gasteiger partial charge in [0.1, 0.15) is 18.1 Å². The maximum absolute atomic E-state index is 13.1. The number of nitrogens with one attached hydrogen (secondary N) is 3. The SMILES string of the molecule is CCC(C)C(NC(=O)C(N)CCC(=O)O)C(=O)NC(CCCCN)C(=O)NC(CC(C)C)C(=O)O. The van der Waals surface area contributed by atoms with Crippen LogP contribution in [-0.4, -0.2) is 70.6 Å². The zero-order chi connectivity index (χ0) is 27.1. The summed E-state index contributed by atoms with van der Waals surface area (Å²) in [6, 6.07) is -4.25. The van der Waals surface area contributed by atoms with Gasteiger partial charge >= 0.3 is 11.9 Å². The van der Waals surface area contributed by atoms with Gasteiger partial charge in [-0.1, -0.05) is 34.1 Å². The highest BCUT2D eigenvalue weighted by atomic mass is 16.4. The number of rotatable bonds is 18. The molecule has 0 aliphatic carbocycles. The molecule has 12 heteroatoms. The first kappa shape index (κ1) is 32.3. The van der Waals surface area contributed by atoms with Gasteiger partial charge in [-0.05, 0) is 50.5 Å². The van der Waals surface area contributed by atoms with Crippen LogP contribution in [0.3, 0.4) is 0 Å². The van der Waals surface area contributed by atoms with E-state index in [4.69, 9.17) is 16.6 Å². The molecule has 0 aromatic carbocycles. The van der Waals surface area contributed by atoms with Crippen LogP contribution in [0.4, 0.5) is 0 Å². The number of carbonyl (C=O) groups is 5. The molecule has 0 saturated carbocycles. The second-order valence-corrected chi connectivity index (χ2v) is 9.29. The normalized spacial score (nSPS) is 15.4. The van der Waals surface area contributed by atoms with E-state index in [0.717, 1.165) is 0 Å². The second kappa shape index (κ2) is 16.8. The molecule has 0 bridgehead atoms. The van der Waals surface area contributed by atoms with Crippen molar-refractivity contribution in [2.75, 3.05) is 6.54 Å². The van der Waals surface area contributed by atoms with Gasteiger partial charge in [0.15, 0.2) is 0 Å². The van der Waals surface area contributed by atoms with Crippen LogP contribution >= 0.6 is 0 Å². The summed E-state index contributed by atoms with van der Waals surface area (Å²) < 4.78 is 0. The van der Waals surface area contributed by atoms with Crippen molar-refractivity contribution in [1.82, 2.24) is 16.0 Å². The maximum Gasteiger partial charge on any atom is 0.326 e. The van der Waals surface area contributed by atoms with Gasteiger partial charge < -0.3 is 37.6 Å². The van der Waals surface area contributed by atoms with E-state index in [1.165, 1.54) is 0 Å². The van der Waals surface area contributed by atoms with Gasteiger partial charge in [-0.25, -0.2) is 4.79 Å². The van der Waals surface area contributed by atoms with Gasteiger partial charge in [0.25, 0.3) is 0 Å². The van der Waals surface area contributed by atoms with Crippen molar-refractivity contribution < 1.29 is 34.2 Å². The first-order valence-corrected chi connectivity index (χ1v) is 12.1. The highest BCUT2D eigenvalue weighted by molar-refractivity contribution is 5.94. The van der Waals surface area contributed by atoms with E-state index in [1.54, 1.807) is 6.92 Å². The lowest BCUT2D eigenvalue weighted by Crippen LogP contribution is -2.58. The van der Waals surface area contributed by atoms with Gasteiger partial charge in [-0.3, -0.25) is 19.2 Å². The standard InChI is InChI=1S/C23H43N5O7/c1-5-14(4)19(28-20(31)15(25)9-10-18(29)30)22(33)26-16(8-6-7-11-24)21(32)27-17(23(34)35)12-13(2)3/h13-17,19H,5-12,24-25H2,1-4H3,(H,26,33)(H,27,32)(H,28,31)(H,29,30)(H,34,35). The summed E-state index contributed by atoms with van der Waals surface area (Å²) in [5.41, 5.74) is 11.3. The Labute approximate surface area is 206 Å². The second-order valence-electron chi connectivity index (χ2n) is 9.29. The van der Waals surface area contributed by atoms with Gasteiger partial charge in [-0.2, -0.15) is 0 Å². The molecule has 9 N–H and O–H groups in total. The monoisotopic (exact) mass is 501 g/mol. The van der Waals surface area contributed by atoms with E-state index in [1.807, 2.05) is 20.8 Å². The summed E-state index contributed by atoms with van der Waals surface area (Å²) in [5, 5.41) is 26.0. The van der Waals surface area contributed by atoms with Crippen LogP contribution in [0.1, 0.15) is 72.6 Å². The van der Waals surface area contributed by atoms with Gasteiger partial charge in [0, 0.05) is 6.42 Å². The number of hydrogen-bond donors (Lipinski definition) is 7. The Bertz CT molecular complexity index is 716. The Morgan fingerprint density at radius 2 is 1.43 bits per heavy atom. The molecule has 0 saturated heterocycles. The number of amides is 3. The fraction of sp³-hybridized carbons (Fsp3) is 0.783. The van der Waals surface area contributed by atoms with Crippen molar-refractivity contribution in [1.29, 1.82) is 0 Å². The minimum absolute atomic E-state index is 0.0250. The lowest BCUT2D eigenvalue weighted by molar-refractivity contribution is -0.143. The van der Waals surface area contributed by atoms with Crippen molar-refractivity contribution >= 4 is 29.7 Å². The van der Waals surface area contributed by atoms with E-state index >= 15 is 0 Å².